The van der Waals surface area contributed by atoms with E-state index in [1.54, 1.807) is 48.2 Å². The fourth-order valence-electron chi connectivity index (χ4n) is 3.19. The van der Waals surface area contributed by atoms with Gasteiger partial charge in [-0.1, -0.05) is 11.6 Å². The normalized spacial score (nSPS) is 11.6. The number of nitrogens with zero attached hydrogens (tertiary/aromatic N) is 5. The van der Waals surface area contributed by atoms with Crippen LogP contribution in [-0.2, 0) is 0 Å². The van der Waals surface area contributed by atoms with E-state index in [1.165, 1.54) is 16.8 Å². The van der Waals surface area contributed by atoms with Gasteiger partial charge in [-0.15, -0.1) is 0 Å². The summed E-state index contributed by atoms with van der Waals surface area (Å²) in [6.45, 7) is 5.45. The van der Waals surface area contributed by atoms with Crippen molar-refractivity contribution in [3.05, 3.63) is 86.4 Å². The molecule has 0 saturated carbocycles. The molecule has 0 bridgehead atoms. The van der Waals surface area contributed by atoms with E-state index < -0.39 is 0 Å². The second-order valence-corrected chi connectivity index (χ2v) is 7.09. The highest BCUT2D eigenvalue weighted by Gasteiger charge is 2.13. The van der Waals surface area contributed by atoms with Gasteiger partial charge in [-0.2, -0.15) is 14.9 Å². The Morgan fingerprint density at radius 2 is 1.83 bits per heavy atom. The molecule has 4 aromatic rings. The van der Waals surface area contributed by atoms with Crippen molar-refractivity contribution in [3.8, 4) is 5.69 Å². The third-order valence-electron chi connectivity index (χ3n) is 4.69. The summed E-state index contributed by atoms with van der Waals surface area (Å²) in [5, 5.41) is 9.83. The van der Waals surface area contributed by atoms with Crippen LogP contribution in [0.5, 0.6) is 0 Å². The first-order chi connectivity index (χ1) is 13.8. The van der Waals surface area contributed by atoms with Crippen LogP contribution in [0.1, 0.15) is 22.8 Å². The van der Waals surface area contributed by atoms with Gasteiger partial charge in [0.2, 0.25) is 0 Å². The van der Waals surface area contributed by atoms with Crippen LogP contribution in [0.4, 0.5) is 4.39 Å². The fourth-order valence-corrected chi connectivity index (χ4v) is 3.35. The minimum atomic E-state index is -0.308. The molecule has 0 amide bonds. The largest absolute Gasteiger partial charge is 0.282 e. The van der Waals surface area contributed by atoms with Crippen molar-refractivity contribution in [2.24, 2.45) is 5.10 Å². The Bertz CT molecular complexity index is 1320. The maximum absolute atomic E-state index is 13.2. The number of hydrogen-bond donors (Lipinski definition) is 0. The van der Waals surface area contributed by atoms with Gasteiger partial charge in [0.15, 0.2) is 0 Å². The van der Waals surface area contributed by atoms with Crippen molar-refractivity contribution in [2.45, 2.75) is 20.8 Å². The zero-order valence-electron chi connectivity index (χ0n) is 16.0. The number of hydrogen-bond acceptors (Lipinski definition) is 4. The monoisotopic (exact) mass is 409 g/mol. The Hall–Kier alpha value is -3.32. The number of aryl methyl sites for hydroxylation is 2. The lowest BCUT2D eigenvalue weighted by Crippen LogP contribution is -2.20. The van der Waals surface area contributed by atoms with Gasteiger partial charge in [0, 0.05) is 10.6 Å². The molecule has 0 radical (unpaired) electrons. The van der Waals surface area contributed by atoms with Gasteiger partial charge in [0.05, 0.1) is 34.2 Å². The van der Waals surface area contributed by atoms with E-state index in [0.717, 1.165) is 22.6 Å². The summed E-state index contributed by atoms with van der Waals surface area (Å²) in [5.41, 5.74) is 3.33. The van der Waals surface area contributed by atoms with Crippen molar-refractivity contribution in [2.75, 3.05) is 0 Å². The molecule has 146 valence electrons. The van der Waals surface area contributed by atoms with Crippen molar-refractivity contribution in [3.63, 3.8) is 0 Å². The van der Waals surface area contributed by atoms with Gasteiger partial charge < -0.3 is 0 Å². The molecular weight excluding hydrogens is 393 g/mol. The molecular formula is C21H17ClFN5O. The van der Waals surface area contributed by atoms with Crippen LogP contribution in [-0.4, -0.2) is 25.7 Å². The van der Waals surface area contributed by atoms with Crippen LogP contribution in [0.3, 0.4) is 0 Å². The first-order valence-electron chi connectivity index (χ1n) is 8.90. The number of aromatic nitrogens is 4. The topological polar surface area (TPSA) is 65.1 Å². The lowest BCUT2D eigenvalue weighted by atomic mass is 10.2. The molecule has 0 unspecified atom stereocenters. The molecule has 29 heavy (non-hydrogen) atoms. The zero-order chi connectivity index (χ0) is 20.7. The Labute approximate surface area is 170 Å². The maximum atomic E-state index is 13.2. The summed E-state index contributed by atoms with van der Waals surface area (Å²) < 4.78 is 16.2. The third-order valence-corrected chi connectivity index (χ3v) is 4.93. The molecule has 2 aromatic heterocycles. The van der Waals surface area contributed by atoms with Gasteiger partial charge in [0.25, 0.3) is 5.56 Å². The molecule has 0 aliphatic carbocycles. The molecule has 0 aliphatic heterocycles. The van der Waals surface area contributed by atoms with E-state index >= 15 is 0 Å². The Morgan fingerprint density at radius 3 is 2.55 bits per heavy atom. The zero-order valence-corrected chi connectivity index (χ0v) is 16.8. The van der Waals surface area contributed by atoms with Crippen molar-refractivity contribution >= 4 is 28.7 Å². The third kappa shape index (κ3) is 3.45. The van der Waals surface area contributed by atoms with Crippen LogP contribution in [0.15, 0.2) is 52.4 Å². The molecule has 2 aromatic carbocycles. The van der Waals surface area contributed by atoms with E-state index in [1.807, 2.05) is 13.8 Å². The quantitative estimate of drug-likeness (QED) is 0.477. The molecule has 0 fully saturated rings. The first-order valence-corrected chi connectivity index (χ1v) is 9.28. The number of rotatable bonds is 3. The average Bonchev–Trinajstić information content (AvgIpc) is 2.96. The number of benzene rings is 2. The number of fused-ring (bicyclic) bond motifs is 1. The second-order valence-electron chi connectivity index (χ2n) is 6.65. The van der Waals surface area contributed by atoms with Gasteiger partial charge >= 0.3 is 0 Å². The smallest absolute Gasteiger partial charge is 0.267 e. The van der Waals surface area contributed by atoms with E-state index in [4.69, 9.17) is 11.6 Å². The summed E-state index contributed by atoms with van der Waals surface area (Å²) in [6.07, 6.45) is 1.59. The van der Waals surface area contributed by atoms with Gasteiger partial charge in [-0.25, -0.2) is 14.1 Å². The van der Waals surface area contributed by atoms with E-state index in [9.17, 15) is 9.18 Å². The molecule has 0 saturated heterocycles. The molecule has 0 spiro atoms. The lowest BCUT2D eigenvalue weighted by Gasteiger charge is -2.06. The van der Waals surface area contributed by atoms with E-state index in [2.05, 4.69) is 15.2 Å². The summed E-state index contributed by atoms with van der Waals surface area (Å²) in [7, 11) is 0. The van der Waals surface area contributed by atoms with Gasteiger partial charge in [0.1, 0.15) is 11.6 Å². The van der Waals surface area contributed by atoms with Gasteiger partial charge in [-0.05, 0) is 63.2 Å². The molecule has 4 rings (SSSR count). The summed E-state index contributed by atoms with van der Waals surface area (Å²) in [4.78, 5) is 17.2. The average molecular weight is 410 g/mol. The summed E-state index contributed by atoms with van der Waals surface area (Å²) >= 11 is 5.99. The Balaban J connectivity index is 1.78. The molecule has 0 aliphatic rings. The second kappa shape index (κ2) is 7.25. The molecule has 6 nitrogen and oxygen atoms in total. The molecule has 8 heteroatoms. The highest BCUT2D eigenvalue weighted by Crippen LogP contribution is 2.18. The SMILES string of the molecule is Cc1nn(-c2ccc(F)cc2)c(C)c1/C=N\n1c(C)nc2cc(Cl)ccc2c1=O. The molecule has 2 heterocycles. The van der Waals surface area contributed by atoms with Crippen molar-refractivity contribution in [1.29, 1.82) is 0 Å². The fraction of sp³-hybridized carbons (Fsp3) is 0.143. The Morgan fingerprint density at radius 1 is 1.10 bits per heavy atom. The lowest BCUT2D eigenvalue weighted by molar-refractivity contribution is 0.627. The van der Waals surface area contributed by atoms with Gasteiger partial charge in [-0.3, -0.25) is 4.79 Å². The van der Waals surface area contributed by atoms with E-state index in [0.29, 0.717) is 21.7 Å². The van der Waals surface area contributed by atoms with Crippen LogP contribution in [0.2, 0.25) is 5.02 Å². The minimum Gasteiger partial charge on any atom is -0.267 e. The molecule has 0 atom stereocenters. The highest BCUT2D eigenvalue weighted by atomic mass is 35.5. The minimum absolute atomic E-state index is 0.276. The number of halogens is 2. The first kappa shape index (κ1) is 19.0. The van der Waals surface area contributed by atoms with E-state index in [-0.39, 0.29) is 11.4 Å². The van der Waals surface area contributed by atoms with Crippen LogP contribution < -0.4 is 5.56 Å². The summed E-state index contributed by atoms with van der Waals surface area (Å²) in [5.74, 6) is 0.138. The van der Waals surface area contributed by atoms with Crippen molar-refractivity contribution in [1.82, 2.24) is 19.4 Å². The van der Waals surface area contributed by atoms with Crippen LogP contribution >= 0.6 is 11.6 Å². The Kier molecular flexibility index (Phi) is 4.76. The molecule has 0 N–H and O–H groups in total. The standard InChI is InChI=1S/C21H17ClFN5O/c1-12-19(13(2)27(26-12)17-7-5-16(23)6-8-17)11-24-28-14(3)25-20-10-15(22)4-9-18(20)21(28)29/h4-11H,1-3H3/b24-11-. The predicted octanol–water partition coefficient (Wildman–Crippen LogP) is 4.18. The van der Waals surface area contributed by atoms with Crippen LogP contribution in [0, 0.1) is 26.6 Å². The highest BCUT2D eigenvalue weighted by molar-refractivity contribution is 6.31. The predicted molar refractivity (Wildman–Crippen MR) is 112 cm³/mol. The summed E-state index contributed by atoms with van der Waals surface area (Å²) in [6, 6.07) is 11.0. The maximum Gasteiger partial charge on any atom is 0.282 e. The van der Waals surface area contributed by atoms with Crippen LogP contribution in [0.25, 0.3) is 16.6 Å². The van der Waals surface area contributed by atoms with Crippen molar-refractivity contribution < 1.29 is 4.39 Å².